The second-order valence-electron chi connectivity index (χ2n) is 5.19. The van der Waals surface area contributed by atoms with Crippen LogP contribution in [0.2, 0.25) is 0 Å². The first-order valence-electron chi connectivity index (χ1n) is 7.40. The summed E-state index contributed by atoms with van der Waals surface area (Å²) in [5.74, 6) is -1.60. The number of nitrogens with two attached hydrogens (primary N) is 1. The van der Waals surface area contributed by atoms with Gasteiger partial charge in [0.1, 0.15) is 11.3 Å². The lowest BCUT2D eigenvalue weighted by atomic mass is 10.2. The molecule has 0 spiro atoms. The summed E-state index contributed by atoms with van der Waals surface area (Å²) in [6, 6.07) is 6.63. The molecule has 0 radical (unpaired) electrons. The summed E-state index contributed by atoms with van der Waals surface area (Å²) in [5, 5.41) is 10.9. The number of carboxylic acid groups (broad SMARTS) is 1. The number of imide groups is 1. The summed E-state index contributed by atoms with van der Waals surface area (Å²) < 4.78 is 5.21. The molecule has 1 aromatic carbocycles. The van der Waals surface area contributed by atoms with Crippen LogP contribution in [0.3, 0.4) is 0 Å². The summed E-state index contributed by atoms with van der Waals surface area (Å²) in [5.41, 5.74) is 5.72. The van der Waals surface area contributed by atoms with Crippen molar-refractivity contribution in [3.05, 3.63) is 34.7 Å². The maximum Gasteiger partial charge on any atom is 0.360 e. The number of fused-ring (bicyclic) bond motifs is 1. The van der Waals surface area contributed by atoms with Crippen molar-refractivity contribution in [3.63, 3.8) is 0 Å². The second kappa shape index (κ2) is 7.58. The van der Waals surface area contributed by atoms with Crippen molar-refractivity contribution in [3.8, 4) is 0 Å². The average molecular weight is 347 g/mol. The lowest BCUT2D eigenvalue weighted by Crippen LogP contribution is -2.32. The van der Waals surface area contributed by atoms with E-state index < -0.39 is 11.6 Å². The van der Waals surface area contributed by atoms with E-state index in [2.05, 4.69) is 5.32 Å². The molecule has 9 nitrogen and oxygen atoms in total. The molecule has 0 saturated carbocycles. The van der Waals surface area contributed by atoms with Crippen LogP contribution in [0.15, 0.2) is 33.5 Å². The van der Waals surface area contributed by atoms with Crippen molar-refractivity contribution >= 4 is 40.1 Å². The molecule has 4 N–H and O–H groups in total. The normalized spacial score (nSPS) is 13.6. The molecule has 1 aliphatic heterocycles. The summed E-state index contributed by atoms with van der Waals surface area (Å²) in [6.07, 6.45) is 0.241. The Labute approximate surface area is 142 Å². The quantitative estimate of drug-likeness (QED) is 0.421. The van der Waals surface area contributed by atoms with E-state index in [1.807, 2.05) is 0 Å². The van der Waals surface area contributed by atoms with Crippen LogP contribution in [0.1, 0.15) is 19.8 Å². The van der Waals surface area contributed by atoms with Gasteiger partial charge in [-0.15, -0.1) is 0 Å². The first-order chi connectivity index (χ1) is 11.8. The van der Waals surface area contributed by atoms with Crippen molar-refractivity contribution in [1.82, 2.24) is 0 Å². The number of amides is 2. The number of anilines is 2. The molecule has 2 amide bonds. The monoisotopic (exact) mass is 347 g/mol. The number of rotatable bonds is 3. The Morgan fingerprint density at radius 1 is 1.24 bits per heavy atom. The van der Waals surface area contributed by atoms with Crippen molar-refractivity contribution in [2.24, 2.45) is 5.73 Å². The number of hydrogen-bond acceptors (Lipinski definition) is 7. The van der Waals surface area contributed by atoms with Gasteiger partial charge in [-0.3, -0.25) is 14.4 Å². The number of carboxylic acids is 1. The molecule has 0 unspecified atom stereocenters. The lowest BCUT2D eigenvalue weighted by Gasteiger charge is -2.12. The maximum atomic E-state index is 12.0. The summed E-state index contributed by atoms with van der Waals surface area (Å²) in [4.78, 5) is 45.3. The Morgan fingerprint density at radius 3 is 2.40 bits per heavy atom. The SMILES string of the molecule is CC(=O)O.NCNc1ccc2cc(N3C(=O)CCC3=O)c(=O)oc2c1. The Morgan fingerprint density at radius 2 is 1.84 bits per heavy atom. The fourth-order valence-electron chi connectivity index (χ4n) is 2.33. The van der Waals surface area contributed by atoms with Gasteiger partial charge in [0.2, 0.25) is 11.8 Å². The first-order valence-corrected chi connectivity index (χ1v) is 7.40. The maximum absolute atomic E-state index is 12.0. The van der Waals surface area contributed by atoms with Crippen LogP contribution in [-0.4, -0.2) is 29.6 Å². The molecule has 9 heteroatoms. The van der Waals surface area contributed by atoms with Gasteiger partial charge in [0.25, 0.3) is 5.97 Å². The van der Waals surface area contributed by atoms with E-state index in [9.17, 15) is 14.4 Å². The molecule has 0 aliphatic carbocycles. The molecule has 132 valence electrons. The van der Waals surface area contributed by atoms with Crippen LogP contribution >= 0.6 is 0 Å². The van der Waals surface area contributed by atoms with Gasteiger partial charge in [-0.1, -0.05) is 0 Å². The van der Waals surface area contributed by atoms with Gasteiger partial charge >= 0.3 is 5.63 Å². The molecule has 1 fully saturated rings. The van der Waals surface area contributed by atoms with Crippen LogP contribution in [-0.2, 0) is 14.4 Å². The van der Waals surface area contributed by atoms with E-state index in [1.165, 1.54) is 6.07 Å². The highest BCUT2D eigenvalue weighted by atomic mass is 16.4. The fourth-order valence-corrected chi connectivity index (χ4v) is 2.33. The van der Waals surface area contributed by atoms with Gasteiger partial charge < -0.3 is 20.6 Å². The van der Waals surface area contributed by atoms with E-state index in [4.69, 9.17) is 20.1 Å². The Hall–Kier alpha value is -3.20. The van der Waals surface area contributed by atoms with Gasteiger partial charge in [0.15, 0.2) is 0 Å². The first kappa shape index (κ1) is 18.1. The number of benzene rings is 1. The van der Waals surface area contributed by atoms with Crippen molar-refractivity contribution in [2.45, 2.75) is 19.8 Å². The predicted octanol–water partition coefficient (Wildman–Crippen LogP) is 0.865. The molecule has 2 heterocycles. The number of aliphatic carboxylic acids is 1. The Bertz CT molecular complexity index is 869. The number of carbonyl (C=O) groups is 3. The summed E-state index contributed by atoms with van der Waals surface area (Å²) >= 11 is 0. The van der Waals surface area contributed by atoms with Crippen molar-refractivity contribution in [1.29, 1.82) is 0 Å². The highest BCUT2D eigenvalue weighted by Gasteiger charge is 2.32. The van der Waals surface area contributed by atoms with Gasteiger partial charge in [-0.2, -0.15) is 0 Å². The van der Waals surface area contributed by atoms with Gasteiger partial charge in [0.05, 0.1) is 6.67 Å². The number of carbonyl (C=O) groups excluding carboxylic acids is 2. The smallest absolute Gasteiger partial charge is 0.360 e. The van der Waals surface area contributed by atoms with Crippen molar-refractivity contribution < 1.29 is 23.9 Å². The Balaban J connectivity index is 0.000000511. The van der Waals surface area contributed by atoms with Crippen LogP contribution in [0, 0.1) is 0 Å². The van der Waals surface area contributed by atoms with Gasteiger partial charge in [-0.05, 0) is 18.2 Å². The minimum absolute atomic E-state index is 0.0328. The molecule has 2 aromatic rings. The zero-order valence-electron chi connectivity index (χ0n) is 13.4. The zero-order chi connectivity index (χ0) is 18.6. The second-order valence-corrected chi connectivity index (χ2v) is 5.19. The average Bonchev–Trinajstić information content (AvgIpc) is 2.85. The van der Waals surface area contributed by atoms with Crippen LogP contribution in [0.25, 0.3) is 11.0 Å². The predicted molar refractivity (Wildman–Crippen MR) is 90.2 cm³/mol. The molecule has 1 aromatic heterocycles. The third kappa shape index (κ3) is 4.21. The van der Waals surface area contributed by atoms with Gasteiger partial charge in [-0.25, -0.2) is 9.69 Å². The van der Waals surface area contributed by atoms with Crippen LogP contribution < -0.4 is 21.6 Å². The number of nitrogens with zero attached hydrogens (tertiary/aromatic N) is 1. The number of hydrogen-bond donors (Lipinski definition) is 3. The molecular formula is C16H17N3O6. The molecule has 25 heavy (non-hydrogen) atoms. The lowest BCUT2D eigenvalue weighted by molar-refractivity contribution is -0.134. The molecule has 1 saturated heterocycles. The Kier molecular flexibility index (Phi) is 5.50. The van der Waals surface area contributed by atoms with Crippen LogP contribution in [0.5, 0.6) is 0 Å². The standard InChI is InChI=1S/C14H13N3O4.C2H4O2/c15-7-16-9-2-1-8-5-10(14(20)21-11(8)6-9)17-12(18)3-4-13(17)19;1-2(3)4/h1-2,5-6,16H,3-4,7,15H2;1H3,(H,3,4). The van der Waals surface area contributed by atoms with E-state index >= 15 is 0 Å². The highest BCUT2D eigenvalue weighted by molar-refractivity contribution is 6.20. The number of nitrogens with one attached hydrogen (secondary N) is 1. The molecule has 0 atom stereocenters. The van der Waals surface area contributed by atoms with E-state index in [0.29, 0.717) is 16.7 Å². The largest absolute Gasteiger partial charge is 0.481 e. The van der Waals surface area contributed by atoms with Crippen LogP contribution in [0.4, 0.5) is 11.4 Å². The molecule has 3 rings (SSSR count). The minimum Gasteiger partial charge on any atom is -0.481 e. The molecule has 0 bridgehead atoms. The third-order valence-corrected chi connectivity index (χ3v) is 3.32. The summed E-state index contributed by atoms with van der Waals surface area (Å²) in [6.45, 7) is 1.34. The summed E-state index contributed by atoms with van der Waals surface area (Å²) in [7, 11) is 0. The third-order valence-electron chi connectivity index (χ3n) is 3.32. The fraction of sp³-hybridized carbons (Fsp3) is 0.250. The molecular weight excluding hydrogens is 330 g/mol. The minimum atomic E-state index is -0.833. The zero-order valence-corrected chi connectivity index (χ0v) is 13.4. The van der Waals surface area contributed by atoms with E-state index in [1.54, 1.807) is 18.2 Å². The van der Waals surface area contributed by atoms with E-state index in [-0.39, 0.29) is 37.0 Å². The van der Waals surface area contributed by atoms with Gasteiger partial charge in [0, 0.05) is 36.9 Å². The highest BCUT2D eigenvalue weighted by Crippen LogP contribution is 2.25. The molecule has 1 aliphatic rings. The van der Waals surface area contributed by atoms with E-state index in [0.717, 1.165) is 11.8 Å². The topological polar surface area (TPSA) is 143 Å². The van der Waals surface area contributed by atoms with Crippen molar-refractivity contribution in [2.75, 3.05) is 16.9 Å².